The van der Waals surface area contributed by atoms with E-state index in [-0.39, 0.29) is 11.9 Å². The number of fused-ring (bicyclic) bond motifs is 1. The van der Waals surface area contributed by atoms with Crippen molar-refractivity contribution in [2.75, 3.05) is 13.1 Å². The van der Waals surface area contributed by atoms with Crippen molar-refractivity contribution in [3.8, 4) is 5.88 Å². The molecule has 1 aliphatic rings. The molecular formula is C19H23BrN4OS. The number of hydrogen-bond donors (Lipinski definition) is 1. The first-order valence-electron chi connectivity index (χ1n) is 8.97. The molecule has 26 heavy (non-hydrogen) atoms. The molecule has 138 valence electrons. The fraction of sp³-hybridized carbons (Fsp3) is 0.474. The summed E-state index contributed by atoms with van der Waals surface area (Å²) in [7, 11) is 0. The highest BCUT2D eigenvalue weighted by Crippen LogP contribution is 2.42. The van der Waals surface area contributed by atoms with E-state index in [0.29, 0.717) is 17.7 Å². The Bertz CT molecular complexity index is 910. The van der Waals surface area contributed by atoms with Crippen LogP contribution >= 0.6 is 27.3 Å². The van der Waals surface area contributed by atoms with Gasteiger partial charge in [-0.15, -0.1) is 5.10 Å². The highest BCUT2D eigenvalue weighted by atomic mass is 79.9. The maximum Gasteiger partial charge on any atom is 0.230 e. The lowest BCUT2D eigenvalue weighted by Gasteiger charge is -2.40. The summed E-state index contributed by atoms with van der Waals surface area (Å²) in [6.45, 7) is 8.52. The molecule has 1 saturated heterocycles. The second-order valence-corrected chi connectivity index (χ2v) is 9.42. The molecule has 1 fully saturated rings. The van der Waals surface area contributed by atoms with Crippen LogP contribution in [0.15, 0.2) is 28.7 Å². The van der Waals surface area contributed by atoms with Crippen LogP contribution in [0.1, 0.15) is 42.6 Å². The number of aromatic hydroxyl groups is 1. The van der Waals surface area contributed by atoms with Gasteiger partial charge in [0.2, 0.25) is 10.8 Å². The summed E-state index contributed by atoms with van der Waals surface area (Å²) in [6.07, 6.45) is 1.25. The molecule has 5 nitrogen and oxygen atoms in total. The van der Waals surface area contributed by atoms with E-state index in [1.54, 1.807) is 4.52 Å². The van der Waals surface area contributed by atoms with E-state index in [0.717, 1.165) is 27.4 Å². The third kappa shape index (κ3) is 3.28. The molecule has 0 amide bonds. The largest absolute Gasteiger partial charge is 0.492 e. The summed E-state index contributed by atoms with van der Waals surface area (Å²) >= 11 is 5.06. The van der Waals surface area contributed by atoms with Crippen molar-refractivity contribution < 1.29 is 5.11 Å². The minimum absolute atomic E-state index is 0.0158. The highest BCUT2D eigenvalue weighted by molar-refractivity contribution is 9.10. The molecule has 0 bridgehead atoms. The fourth-order valence-corrected chi connectivity index (χ4v) is 5.55. The molecular weight excluding hydrogens is 412 g/mol. The molecule has 1 N–H and O–H groups in total. The van der Waals surface area contributed by atoms with Gasteiger partial charge in [0.25, 0.3) is 0 Å². The van der Waals surface area contributed by atoms with Gasteiger partial charge in [-0.05, 0) is 42.9 Å². The normalized spacial score (nSPS) is 22.8. The monoisotopic (exact) mass is 434 g/mol. The Morgan fingerprint density at radius 1 is 1.19 bits per heavy atom. The molecule has 1 aliphatic heterocycles. The minimum atomic E-state index is 0.0158. The van der Waals surface area contributed by atoms with Crippen LogP contribution in [0.4, 0.5) is 0 Å². The molecule has 3 aromatic rings. The van der Waals surface area contributed by atoms with E-state index in [1.807, 2.05) is 6.92 Å². The number of likely N-dealkylation sites (tertiary alicyclic amines) is 1. The number of halogens is 1. The SMILES string of the molecule is Cc1nc2sc([C@H](c3ccc(Br)cc3)N3C[C@H](C)C[C@@H](C)C3)c(O)n2n1. The van der Waals surface area contributed by atoms with E-state index in [4.69, 9.17) is 0 Å². The van der Waals surface area contributed by atoms with Crippen molar-refractivity contribution in [1.29, 1.82) is 0 Å². The summed E-state index contributed by atoms with van der Waals surface area (Å²) < 4.78 is 2.63. The average molecular weight is 435 g/mol. The molecule has 1 aromatic carbocycles. The van der Waals surface area contributed by atoms with E-state index >= 15 is 0 Å². The van der Waals surface area contributed by atoms with E-state index < -0.39 is 0 Å². The van der Waals surface area contributed by atoms with E-state index in [2.05, 4.69) is 69.0 Å². The van der Waals surface area contributed by atoms with Crippen LogP contribution in [-0.4, -0.2) is 37.7 Å². The topological polar surface area (TPSA) is 53.7 Å². The maximum absolute atomic E-state index is 10.9. The van der Waals surface area contributed by atoms with Gasteiger partial charge in [0, 0.05) is 17.6 Å². The Morgan fingerprint density at radius 2 is 1.85 bits per heavy atom. The zero-order valence-corrected chi connectivity index (χ0v) is 17.6. The van der Waals surface area contributed by atoms with Crippen LogP contribution in [0.25, 0.3) is 4.96 Å². The maximum atomic E-state index is 10.9. The van der Waals surface area contributed by atoms with Crippen LogP contribution in [0.2, 0.25) is 0 Å². The third-order valence-electron chi connectivity index (χ3n) is 5.00. The van der Waals surface area contributed by atoms with E-state index in [1.165, 1.54) is 23.3 Å². The Morgan fingerprint density at radius 3 is 2.46 bits per heavy atom. The first-order valence-corrected chi connectivity index (χ1v) is 10.6. The summed E-state index contributed by atoms with van der Waals surface area (Å²) in [5.41, 5.74) is 1.19. The molecule has 0 radical (unpaired) electrons. The van der Waals surface area contributed by atoms with Crippen LogP contribution in [0, 0.1) is 18.8 Å². The van der Waals surface area contributed by atoms with Gasteiger partial charge >= 0.3 is 0 Å². The molecule has 2 aromatic heterocycles. The number of rotatable bonds is 3. The van der Waals surface area contributed by atoms with Gasteiger partial charge in [-0.25, -0.2) is 4.98 Å². The summed E-state index contributed by atoms with van der Waals surface area (Å²) in [5.74, 6) is 2.18. The Kier molecular flexibility index (Phi) is 4.79. The second-order valence-electron chi connectivity index (χ2n) is 7.50. The minimum Gasteiger partial charge on any atom is -0.492 e. The van der Waals surface area contributed by atoms with E-state index in [9.17, 15) is 5.11 Å². The fourth-order valence-electron chi connectivity index (χ4n) is 4.12. The molecule has 3 heterocycles. The van der Waals surface area contributed by atoms with Gasteiger partial charge in [0.15, 0.2) is 0 Å². The van der Waals surface area contributed by atoms with Crippen molar-refractivity contribution >= 4 is 32.2 Å². The van der Waals surface area contributed by atoms with Crippen molar-refractivity contribution in [3.05, 3.63) is 45.0 Å². The quantitative estimate of drug-likeness (QED) is 0.652. The molecule has 0 unspecified atom stereocenters. The highest BCUT2D eigenvalue weighted by Gasteiger charge is 2.33. The lowest BCUT2D eigenvalue weighted by Crippen LogP contribution is -2.41. The number of thiazole rings is 1. The zero-order valence-electron chi connectivity index (χ0n) is 15.2. The van der Waals surface area contributed by atoms with Crippen molar-refractivity contribution in [1.82, 2.24) is 19.5 Å². The Balaban J connectivity index is 1.82. The molecule has 7 heteroatoms. The molecule has 0 spiro atoms. The Labute approximate surface area is 165 Å². The Hall–Kier alpha value is -1.44. The van der Waals surface area contributed by atoms with Crippen LogP contribution < -0.4 is 0 Å². The number of piperidine rings is 1. The molecule has 4 rings (SSSR count). The third-order valence-corrected chi connectivity index (χ3v) is 6.60. The first-order chi connectivity index (χ1) is 12.4. The van der Waals surface area contributed by atoms with Crippen molar-refractivity contribution in [2.24, 2.45) is 11.8 Å². The number of benzene rings is 1. The summed E-state index contributed by atoms with van der Waals surface area (Å²) in [4.78, 5) is 8.61. The second kappa shape index (κ2) is 6.94. The summed E-state index contributed by atoms with van der Waals surface area (Å²) in [5, 5.41) is 15.2. The molecule has 0 saturated carbocycles. The van der Waals surface area contributed by atoms with Crippen LogP contribution in [0.3, 0.4) is 0 Å². The molecule has 0 aliphatic carbocycles. The number of aryl methyl sites for hydroxylation is 1. The van der Waals surface area contributed by atoms with Gasteiger partial charge in [0.1, 0.15) is 5.82 Å². The van der Waals surface area contributed by atoms with Gasteiger partial charge < -0.3 is 5.11 Å². The predicted molar refractivity (Wildman–Crippen MR) is 108 cm³/mol. The number of nitrogens with zero attached hydrogens (tertiary/aromatic N) is 4. The number of aromatic nitrogens is 3. The van der Waals surface area contributed by atoms with Gasteiger partial charge in [-0.3, -0.25) is 4.90 Å². The van der Waals surface area contributed by atoms with Crippen LogP contribution in [0.5, 0.6) is 5.88 Å². The first kappa shape index (κ1) is 17.9. The van der Waals surface area contributed by atoms with Crippen molar-refractivity contribution in [3.63, 3.8) is 0 Å². The van der Waals surface area contributed by atoms with Crippen LogP contribution in [-0.2, 0) is 0 Å². The lowest BCUT2D eigenvalue weighted by molar-refractivity contribution is 0.112. The zero-order chi connectivity index (χ0) is 18.4. The van der Waals surface area contributed by atoms with Gasteiger partial charge in [-0.1, -0.05) is 53.2 Å². The summed E-state index contributed by atoms with van der Waals surface area (Å²) in [6, 6.07) is 8.43. The standard InChI is InChI=1S/C19H23BrN4OS/c1-11-8-12(2)10-23(9-11)16(14-4-6-15(20)7-5-14)17-18(25)24-19(26-17)21-13(3)22-24/h4-7,11-12,16,25H,8-10H2,1-3H3/t11-,12-,16+/m1/s1. The average Bonchev–Trinajstić information content (AvgIpc) is 3.07. The van der Waals surface area contributed by atoms with Crippen molar-refractivity contribution in [2.45, 2.75) is 33.2 Å². The van der Waals surface area contributed by atoms with Gasteiger partial charge in [-0.2, -0.15) is 4.52 Å². The van der Waals surface area contributed by atoms with Gasteiger partial charge in [0.05, 0.1) is 10.9 Å². The smallest absolute Gasteiger partial charge is 0.230 e. The molecule has 3 atom stereocenters. The predicted octanol–water partition coefficient (Wildman–Crippen LogP) is 4.63. The lowest BCUT2D eigenvalue weighted by atomic mass is 9.89. The number of hydrogen-bond acceptors (Lipinski definition) is 5.